The summed E-state index contributed by atoms with van der Waals surface area (Å²) in [7, 11) is 0. The van der Waals surface area contributed by atoms with Crippen LogP contribution in [-0.2, 0) is 4.79 Å². The van der Waals surface area contributed by atoms with Gasteiger partial charge in [-0.15, -0.1) is 0 Å². The highest BCUT2D eigenvalue weighted by Crippen LogP contribution is 2.13. The molecule has 0 fully saturated rings. The second-order valence-electron chi connectivity index (χ2n) is 2.70. The van der Waals surface area contributed by atoms with Gasteiger partial charge in [0.25, 0.3) is 0 Å². The fraction of sp³-hybridized carbons (Fsp3) is 0. The number of hydrogen-bond donors (Lipinski definition) is 3. The number of amides is 2. The lowest BCUT2D eigenvalue weighted by Gasteiger charge is -2.03. The summed E-state index contributed by atoms with van der Waals surface area (Å²) in [5, 5.41) is 13.1. The lowest BCUT2D eigenvalue weighted by Crippen LogP contribution is -2.09. The fourth-order valence-electron chi connectivity index (χ4n) is 0.954. The Morgan fingerprint density at radius 1 is 1.13 bits per heavy atom. The van der Waals surface area contributed by atoms with Crippen molar-refractivity contribution in [3.8, 4) is 0 Å². The molecule has 0 saturated heterocycles. The second-order valence-corrected chi connectivity index (χ2v) is 2.70. The molecule has 0 spiro atoms. The minimum absolute atomic E-state index is 0.311. The number of hydrogen-bond acceptors (Lipinski definition) is 2. The third-order valence-electron chi connectivity index (χ3n) is 1.59. The highest BCUT2D eigenvalue weighted by atomic mass is 16.4. The molecule has 1 rings (SSSR count). The van der Waals surface area contributed by atoms with Crippen LogP contribution in [0.4, 0.5) is 16.2 Å². The van der Waals surface area contributed by atoms with Gasteiger partial charge in [0.2, 0.25) is 5.91 Å². The Bertz CT molecular complexity index is 384. The molecule has 0 aliphatic heterocycles. The monoisotopic (exact) mass is 206 g/mol. The van der Waals surface area contributed by atoms with Gasteiger partial charge in [-0.05, 0) is 30.3 Å². The molecular weight excluding hydrogens is 196 g/mol. The van der Waals surface area contributed by atoms with Crippen molar-refractivity contribution in [3.63, 3.8) is 0 Å². The average molecular weight is 206 g/mol. The van der Waals surface area contributed by atoms with E-state index >= 15 is 0 Å². The summed E-state index contributed by atoms with van der Waals surface area (Å²) in [5.74, 6) is -0.311. The third kappa shape index (κ3) is 3.51. The van der Waals surface area contributed by atoms with Gasteiger partial charge in [0, 0.05) is 11.4 Å². The molecule has 5 heteroatoms. The number of carboxylic acid groups (broad SMARTS) is 1. The van der Waals surface area contributed by atoms with Gasteiger partial charge in [0.15, 0.2) is 0 Å². The van der Waals surface area contributed by atoms with Gasteiger partial charge in [0.1, 0.15) is 0 Å². The van der Waals surface area contributed by atoms with Gasteiger partial charge in [-0.3, -0.25) is 10.1 Å². The maximum absolute atomic E-state index is 10.9. The molecule has 2 amide bonds. The molecule has 0 saturated carbocycles. The molecule has 0 aromatic heterocycles. The quantitative estimate of drug-likeness (QED) is 0.661. The molecule has 0 bridgehead atoms. The zero-order valence-corrected chi connectivity index (χ0v) is 7.86. The topological polar surface area (TPSA) is 78.4 Å². The van der Waals surface area contributed by atoms with E-state index in [2.05, 4.69) is 17.2 Å². The molecule has 1 aromatic rings. The van der Waals surface area contributed by atoms with Crippen LogP contribution in [0.15, 0.2) is 36.9 Å². The van der Waals surface area contributed by atoms with E-state index in [4.69, 9.17) is 5.11 Å². The van der Waals surface area contributed by atoms with Crippen LogP contribution >= 0.6 is 0 Å². The Kier molecular flexibility index (Phi) is 3.45. The first-order chi connectivity index (χ1) is 7.11. The van der Waals surface area contributed by atoms with Gasteiger partial charge in [-0.2, -0.15) is 0 Å². The van der Waals surface area contributed by atoms with E-state index in [0.717, 1.165) is 6.08 Å². The standard InChI is InChI=1S/C10H10N2O3/c1-2-9(13)11-7-3-5-8(6-4-7)12-10(14)15/h2-6,12H,1H2,(H,11,13)(H,14,15). The molecule has 0 aliphatic carbocycles. The number of carbonyl (C=O) groups excluding carboxylic acids is 1. The average Bonchev–Trinajstić information content (AvgIpc) is 2.20. The highest BCUT2D eigenvalue weighted by Gasteiger charge is 1.99. The number of benzene rings is 1. The van der Waals surface area contributed by atoms with Crippen molar-refractivity contribution in [1.29, 1.82) is 0 Å². The van der Waals surface area contributed by atoms with E-state index in [1.54, 1.807) is 24.3 Å². The van der Waals surface area contributed by atoms with Gasteiger partial charge in [-0.1, -0.05) is 6.58 Å². The number of nitrogens with one attached hydrogen (secondary N) is 2. The van der Waals surface area contributed by atoms with Crippen LogP contribution in [0.1, 0.15) is 0 Å². The van der Waals surface area contributed by atoms with Crippen LogP contribution < -0.4 is 10.6 Å². The first-order valence-corrected chi connectivity index (χ1v) is 4.15. The lowest BCUT2D eigenvalue weighted by molar-refractivity contribution is -0.111. The summed E-state index contributed by atoms with van der Waals surface area (Å²) in [6, 6.07) is 6.28. The first kappa shape index (κ1) is 10.8. The Labute approximate surface area is 86.4 Å². The van der Waals surface area contributed by atoms with Crippen LogP contribution in [0, 0.1) is 0 Å². The Morgan fingerprint density at radius 3 is 2.00 bits per heavy atom. The molecule has 0 radical (unpaired) electrons. The van der Waals surface area contributed by atoms with E-state index in [9.17, 15) is 9.59 Å². The van der Waals surface area contributed by atoms with Crippen LogP contribution in [0.5, 0.6) is 0 Å². The van der Waals surface area contributed by atoms with Crippen molar-refractivity contribution in [1.82, 2.24) is 0 Å². The van der Waals surface area contributed by atoms with E-state index < -0.39 is 6.09 Å². The van der Waals surface area contributed by atoms with Crippen molar-refractivity contribution >= 4 is 23.4 Å². The summed E-state index contributed by atoms with van der Waals surface area (Å²) in [6.07, 6.45) is 0.0292. The second kappa shape index (κ2) is 4.80. The molecule has 78 valence electrons. The van der Waals surface area contributed by atoms with Gasteiger partial charge in [0.05, 0.1) is 0 Å². The summed E-state index contributed by atoms with van der Waals surface area (Å²) < 4.78 is 0. The first-order valence-electron chi connectivity index (χ1n) is 4.15. The van der Waals surface area contributed by atoms with Crippen LogP contribution in [0.3, 0.4) is 0 Å². The molecule has 3 N–H and O–H groups in total. The maximum Gasteiger partial charge on any atom is 0.409 e. The van der Waals surface area contributed by atoms with E-state index in [0.29, 0.717) is 11.4 Å². The highest BCUT2D eigenvalue weighted by molar-refractivity contribution is 5.99. The fourth-order valence-corrected chi connectivity index (χ4v) is 0.954. The number of anilines is 2. The lowest BCUT2D eigenvalue weighted by atomic mass is 10.3. The van der Waals surface area contributed by atoms with Crippen molar-refractivity contribution in [3.05, 3.63) is 36.9 Å². The van der Waals surface area contributed by atoms with E-state index in [1.165, 1.54) is 0 Å². The smallest absolute Gasteiger partial charge is 0.409 e. The van der Waals surface area contributed by atoms with Crippen molar-refractivity contribution in [2.75, 3.05) is 10.6 Å². The normalized spacial score (nSPS) is 9.07. The summed E-state index contributed by atoms with van der Waals surface area (Å²) in [5.41, 5.74) is 1.02. The predicted octanol–water partition coefficient (Wildman–Crippen LogP) is 1.90. The van der Waals surface area contributed by atoms with Crippen molar-refractivity contribution in [2.24, 2.45) is 0 Å². The van der Waals surface area contributed by atoms with Gasteiger partial charge in [-0.25, -0.2) is 4.79 Å². The summed E-state index contributed by atoms with van der Waals surface area (Å²) in [4.78, 5) is 21.2. The van der Waals surface area contributed by atoms with E-state index in [-0.39, 0.29) is 5.91 Å². The third-order valence-corrected chi connectivity index (χ3v) is 1.59. The van der Waals surface area contributed by atoms with Gasteiger partial charge >= 0.3 is 6.09 Å². The largest absolute Gasteiger partial charge is 0.465 e. The van der Waals surface area contributed by atoms with Crippen molar-refractivity contribution in [2.45, 2.75) is 0 Å². The molecular formula is C10H10N2O3. The van der Waals surface area contributed by atoms with Gasteiger partial charge < -0.3 is 10.4 Å². The molecule has 0 heterocycles. The molecule has 0 atom stereocenters. The number of rotatable bonds is 3. The van der Waals surface area contributed by atoms with E-state index in [1.807, 2.05) is 0 Å². The zero-order valence-electron chi connectivity index (χ0n) is 7.86. The maximum atomic E-state index is 10.9. The molecule has 15 heavy (non-hydrogen) atoms. The summed E-state index contributed by atoms with van der Waals surface area (Å²) >= 11 is 0. The Balaban J connectivity index is 2.67. The minimum atomic E-state index is -1.13. The summed E-state index contributed by atoms with van der Waals surface area (Å²) in [6.45, 7) is 3.31. The predicted molar refractivity (Wildman–Crippen MR) is 56.9 cm³/mol. The molecule has 5 nitrogen and oxygen atoms in total. The Morgan fingerprint density at radius 2 is 1.60 bits per heavy atom. The Hall–Kier alpha value is -2.30. The van der Waals surface area contributed by atoms with Crippen LogP contribution in [0.25, 0.3) is 0 Å². The molecule has 0 unspecified atom stereocenters. The zero-order chi connectivity index (χ0) is 11.3. The van der Waals surface area contributed by atoms with Crippen LogP contribution in [0.2, 0.25) is 0 Å². The SMILES string of the molecule is C=CC(=O)Nc1ccc(NC(=O)O)cc1. The van der Waals surface area contributed by atoms with Crippen molar-refractivity contribution < 1.29 is 14.7 Å². The van der Waals surface area contributed by atoms with Crippen LogP contribution in [-0.4, -0.2) is 17.1 Å². The minimum Gasteiger partial charge on any atom is -0.465 e. The number of carbonyl (C=O) groups is 2. The molecule has 0 aliphatic rings. The molecule has 1 aromatic carbocycles.